The van der Waals surface area contributed by atoms with Crippen LogP contribution in [0.1, 0.15) is 34.7 Å². The highest BCUT2D eigenvalue weighted by molar-refractivity contribution is 9.10. The predicted molar refractivity (Wildman–Crippen MR) is 177 cm³/mol. The minimum atomic E-state index is -0.849. The molecule has 0 radical (unpaired) electrons. The van der Waals surface area contributed by atoms with Crippen LogP contribution in [0.2, 0.25) is 5.02 Å². The third-order valence-corrected chi connectivity index (χ3v) is 8.10. The summed E-state index contributed by atoms with van der Waals surface area (Å²) in [7, 11) is 0. The van der Waals surface area contributed by atoms with Crippen molar-refractivity contribution in [2.45, 2.75) is 34.0 Å². The lowest BCUT2D eigenvalue weighted by atomic mass is 10.1. The number of amides is 4. The van der Waals surface area contributed by atoms with Crippen LogP contribution in [0.15, 0.2) is 88.9 Å². The van der Waals surface area contributed by atoms with Crippen molar-refractivity contribution in [3.05, 3.63) is 122 Å². The highest BCUT2D eigenvalue weighted by Gasteiger charge is 2.37. The van der Waals surface area contributed by atoms with Crippen LogP contribution in [0.5, 0.6) is 17.2 Å². The maximum absolute atomic E-state index is 13.5. The summed E-state index contributed by atoms with van der Waals surface area (Å²) in [5.41, 5.74) is 4.75. The van der Waals surface area contributed by atoms with Crippen molar-refractivity contribution in [3.8, 4) is 17.2 Å². The van der Waals surface area contributed by atoms with Crippen LogP contribution in [0, 0.1) is 13.8 Å². The molecule has 1 fully saturated rings. The van der Waals surface area contributed by atoms with Crippen LogP contribution < -0.4 is 24.4 Å². The number of halogens is 2. The van der Waals surface area contributed by atoms with Crippen LogP contribution in [0.4, 0.5) is 10.5 Å². The lowest BCUT2D eigenvalue weighted by Gasteiger charge is -2.26. The summed E-state index contributed by atoms with van der Waals surface area (Å²) in [6.45, 7) is 6.89. The van der Waals surface area contributed by atoms with Gasteiger partial charge in [0.25, 0.3) is 11.8 Å². The molecule has 0 aromatic heterocycles. The number of benzene rings is 4. The molecule has 0 spiro atoms. The Morgan fingerprint density at radius 2 is 1.62 bits per heavy atom. The highest BCUT2D eigenvalue weighted by atomic mass is 79.9. The Morgan fingerprint density at radius 1 is 0.867 bits per heavy atom. The molecule has 4 amide bonds. The fourth-order valence-electron chi connectivity index (χ4n) is 4.65. The Hall–Kier alpha value is -4.60. The van der Waals surface area contributed by atoms with E-state index in [1.807, 2.05) is 44.2 Å². The zero-order valence-electron chi connectivity index (χ0n) is 24.9. The van der Waals surface area contributed by atoms with E-state index in [4.69, 9.17) is 25.8 Å². The van der Waals surface area contributed by atoms with Crippen molar-refractivity contribution in [1.29, 1.82) is 0 Å². The number of urea groups is 1. The van der Waals surface area contributed by atoms with E-state index in [2.05, 4.69) is 34.2 Å². The third kappa shape index (κ3) is 7.38. The van der Waals surface area contributed by atoms with Crippen molar-refractivity contribution in [1.82, 2.24) is 5.32 Å². The number of hydrogen-bond acceptors (Lipinski definition) is 6. The van der Waals surface area contributed by atoms with Crippen molar-refractivity contribution in [2.75, 3.05) is 11.5 Å². The molecule has 1 saturated heterocycles. The van der Waals surface area contributed by atoms with E-state index < -0.39 is 17.8 Å². The van der Waals surface area contributed by atoms with E-state index in [1.54, 1.807) is 42.5 Å². The summed E-state index contributed by atoms with van der Waals surface area (Å²) in [6.07, 6.45) is 1.42. The maximum atomic E-state index is 13.5. The first-order valence-electron chi connectivity index (χ1n) is 14.2. The Balaban J connectivity index is 1.36. The minimum Gasteiger partial charge on any atom is -0.490 e. The van der Waals surface area contributed by atoms with E-state index in [0.29, 0.717) is 45.5 Å². The Labute approximate surface area is 274 Å². The Bertz CT molecular complexity index is 1800. The van der Waals surface area contributed by atoms with Crippen LogP contribution in [-0.2, 0) is 22.8 Å². The van der Waals surface area contributed by atoms with Gasteiger partial charge in [-0.05, 0) is 107 Å². The number of nitrogens with one attached hydrogen (secondary N) is 1. The van der Waals surface area contributed by atoms with Gasteiger partial charge in [0.05, 0.1) is 16.8 Å². The van der Waals surface area contributed by atoms with Gasteiger partial charge in [-0.25, -0.2) is 9.69 Å². The summed E-state index contributed by atoms with van der Waals surface area (Å²) < 4.78 is 18.4. The fourth-order valence-corrected chi connectivity index (χ4v) is 5.41. The second kappa shape index (κ2) is 14.0. The van der Waals surface area contributed by atoms with Crippen LogP contribution >= 0.6 is 27.5 Å². The van der Waals surface area contributed by atoms with Gasteiger partial charge in [0, 0.05) is 10.6 Å². The van der Waals surface area contributed by atoms with E-state index in [9.17, 15) is 14.4 Å². The summed E-state index contributed by atoms with van der Waals surface area (Å²) in [6, 6.07) is 22.4. The first-order valence-corrected chi connectivity index (χ1v) is 15.3. The van der Waals surface area contributed by atoms with E-state index >= 15 is 0 Å². The average Bonchev–Trinajstić information content (AvgIpc) is 3.01. The van der Waals surface area contributed by atoms with Gasteiger partial charge in [0.15, 0.2) is 11.5 Å². The van der Waals surface area contributed by atoms with Crippen LogP contribution in [0.3, 0.4) is 0 Å². The molecular weight excluding hydrogens is 660 g/mol. The largest absolute Gasteiger partial charge is 0.490 e. The molecule has 1 aliphatic heterocycles. The van der Waals surface area contributed by atoms with Crippen LogP contribution in [-0.4, -0.2) is 24.5 Å². The fraction of sp³-hybridized carbons (Fsp3) is 0.171. The molecule has 4 aromatic rings. The lowest BCUT2D eigenvalue weighted by molar-refractivity contribution is -0.122. The monoisotopic (exact) mass is 688 g/mol. The molecular formula is C35H30BrClN2O6. The zero-order chi connectivity index (χ0) is 32.1. The number of ether oxygens (including phenoxy) is 3. The highest BCUT2D eigenvalue weighted by Crippen LogP contribution is 2.38. The smallest absolute Gasteiger partial charge is 0.335 e. The number of aryl methyl sites for hydroxylation is 2. The molecule has 0 unspecified atom stereocenters. The molecule has 10 heteroatoms. The number of carbonyl (C=O) groups is 3. The number of barbiturate groups is 1. The number of imide groups is 2. The van der Waals surface area contributed by atoms with Crippen molar-refractivity contribution in [3.63, 3.8) is 0 Å². The summed E-state index contributed by atoms with van der Waals surface area (Å²) in [5.74, 6) is -0.122. The summed E-state index contributed by atoms with van der Waals surface area (Å²) >= 11 is 9.76. The first kappa shape index (κ1) is 31.8. The van der Waals surface area contributed by atoms with Gasteiger partial charge in [0.2, 0.25) is 0 Å². The van der Waals surface area contributed by atoms with Gasteiger partial charge >= 0.3 is 6.03 Å². The zero-order valence-corrected chi connectivity index (χ0v) is 27.2. The third-order valence-electron chi connectivity index (χ3n) is 7.15. The Kier molecular flexibility index (Phi) is 9.90. The van der Waals surface area contributed by atoms with Crippen molar-refractivity contribution < 1.29 is 28.6 Å². The molecule has 1 heterocycles. The van der Waals surface area contributed by atoms with E-state index in [1.165, 1.54) is 17.2 Å². The Morgan fingerprint density at radius 3 is 2.33 bits per heavy atom. The number of rotatable bonds is 10. The molecule has 1 aliphatic rings. The molecule has 0 saturated carbocycles. The molecule has 0 atom stereocenters. The molecule has 0 bridgehead atoms. The van der Waals surface area contributed by atoms with Crippen LogP contribution in [0.25, 0.3) is 6.08 Å². The van der Waals surface area contributed by atoms with Gasteiger partial charge in [-0.3, -0.25) is 14.9 Å². The summed E-state index contributed by atoms with van der Waals surface area (Å²) in [5, 5.41) is 2.85. The topological polar surface area (TPSA) is 94.2 Å². The van der Waals surface area contributed by atoms with Gasteiger partial charge in [-0.1, -0.05) is 48.0 Å². The lowest BCUT2D eigenvalue weighted by Crippen LogP contribution is -2.54. The quantitative estimate of drug-likeness (QED) is 0.134. The molecule has 45 heavy (non-hydrogen) atoms. The minimum absolute atomic E-state index is 0.216. The predicted octanol–water partition coefficient (Wildman–Crippen LogP) is 7.94. The van der Waals surface area contributed by atoms with E-state index in [-0.39, 0.29) is 17.9 Å². The van der Waals surface area contributed by atoms with Gasteiger partial charge in [0.1, 0.15) is 24.5 Å². The SMILES string of the molecule is CCOc1cc(/C=C2\C(=O)NC(=O)N(c3ccc(OCc4ccccc4Cl)cc3)C2=O)cc(Br)c1OCc1ccc(C)c(C)c1. The van der Waals surface area contributed by atoms with Gasteiger partial charge < -0.3 is 14.2 Å². The number of carbonyl (C=O) groups excluding carboxylic acids is 3. The molecule has 0 aliphatic carbocycles. The number of anilines is 1. The number of nitrogens with zero attached hydrogens (tertiary/aromatic N) is 1. The average molecular weight is 690 g/mol. The molecule has 4 aromatic carbocycles. The second-order valence-electron chi connectivity index (χ2n) is 10.3. The second-order valence-corrected chi connectivity index (χ2v) is 11.6. The van der Waals surface area contributed by atoms with Gasteiger partial charge in [-0.2, -0.15) is 0 Å². The van der Waals surface area contributed by atoms with Crippen molar-refractivity contribution >= 4 is 57.1 Å². The van der Waals surface area contributed by atoms with Crippen molar-refractivity contribution in [2.24, 2.45) is 0 Å². The van der Waals surface area contributed by atoms with E-state index in [0.717, 1.165) is 16.0 Å². The molecule has 5 rings (SSSR count). The van der Waals surface area contributed by atoms with Gasteiger partial charge in [-0.15, -0.1) is 0 Å². The molecule has 8 nitrogen and oxygen atoms in total. The normalized spacial score (nSPS) is 14.0. The summed E-state index contributed by atoms with van der Waals surface area (Å²) in [4.78, 5) is 40.0. The maximum Gasteiger partial charge on any atom is 0.335 e. The number of hydrogen-bond donors (Lipinski definition) is 1. The first-order chi connectivity index (χ1) is 21.6. The molecule has 230 valence electrons. The standard InChI is InChI=1S/C35H30BrClN2O6/c1-4-43-31-18-24(17-29(36)32(31)45-19-23-10-9-21(2)22(3)15-23)16-28-33(40)38-35(42)39(34(28)41)26-11-13-27(14-12-26)44-20-25-7-5-6-8-30(25)37/h5-18H,4,19-20H2,1-3H3,(H,38,40,42)/b28-16+. The molecule has 1 N–H and O–H groups in total.